The van der Waals surface area contributed by atoms with E-state index >= 15 is 0 Å². The summed E-state index contributed by atoms with van der Waals surface area (Å²) in [6.45, 7) is 2.11. The van der Waals surface area contributed by atoms with Crippen LogP contribution < -0.4 is 0 Å². The van der Waals surface area contributed by atoms with Crippen molar-refractivity contribution in [3.63, 3.8) is 0 Å². The molecule has 15 heavy (non-hydrogen) atoms. The van der Waals surface area contributed by atoms with Crippen LogP contribution in [0.2, 0.25) is 0 Å². The van der Waals surface area contributed by atoms with Crippen molar-refractivity contribution in [3.05, 3.63) is 52.0 Å². The van der Waals surface area contributed by atoms with Crippen LogP contribution in [0.5, 0.6) is 0 Å². The van der Waals surface area contributed by atoms with Crippen LogP contribution in [0, 0.1) is 0 Å². The first kappa shape index (κ1) is 10.3. The predicted octanol–water partition coefficient (Wildman–Crippen LogP) is 2.79. The monoisotopic (exact) mass is 219 g/mol. The van der Waals surface area contributed by atoms with Crippen LogP contribution in [-0.4, -0.2) is 10.1 Å². The molecule has 1 heterocycles. The van der Waals surface area contributed by atoms with Crippen molar-refractivity contribution < 1.29 is 5.11 Å². The van der Waals surface area contributed by atoms with Crippen molar-refractivity contribution in [1.82, 2.24) is 4.98 Å². The van der Waals surface area contributed by atoms with Gasteiger partial charge in [0.1, 0.15) is 6.10 Å². The van der Waals surface area contributed by atoms with E-state index in [0.29, 0.717) is 0 Å². The molecule has 1 aromatic carbocycles. The zero-order chi connectivity index (χ0) is 10.7. The van der Waals surface area contributed by atoms with Crippen molar-refractivity contribution in [1.29, 1.82) is 0 Å². The highest BCUT2D eigenvalue weighted by Gasteiger charge is 2.11. The lowest BCUT2D eigenvalue weighted by atomic mass is 10.0. The van der Waals surface area contributed by atoms with Crippen LogP contribution in [0.15, 0.2) is 36.0 Å². The minimum atomic E-state index is -0.538. The molecule has 0 saturated carbocycles. The highest BCUT2D eigenvalue weighted by molar-refractivity contribution is 7.09. The molecule has 0 saturated heterocycles. The maximum atomic E-state index is 10.1. The van der Waals surface area contributed by atoms with Gasteiger partial charge in [0.2, 0.25) is 0 Å². The lowest BCUT2D eigenvalue weighted by Crippen LogP contribution is -1.97. The van der Waals surface area contributed by atoms with Crippen LogP contribution in [-0.2, 0) is 6.42 Å². The van der Waals surface area contributed by atoms with E-state index in [4.69, 9.17) is 0 Å². The highest BCUT2D eigenvalue weighted by Crippen LogP contribution is 2.25. The molecule has 0 spiro atoms. The van der Waals surface area contributed by atoms with Crippen LogP contribution in [0.3, 0.4) is 0 Å². The molecule has 0 amide bonds. The second-order valence-electron chi connectivity index (χ2n) is 3.40. The molecule has 0 radical (unpaired) electrons. The summed E-state index contributed by atoms with van der Waals surface area (Å²) in [6.07, 6.45) is 2.17. The van der Waals surface area contributed by atoms with Gasteiger partial charge < -0.3 is 5.11 Å². The van der Waals surface area contributed by atoms with Crippen LogP contribution in [0.25, 0.3) is 0 Å². The van der Waals surface area contributed by atoms with Gasteiger partial charge in [-0.15, -0.1) is 11.3 Å². The molecule has 78 valence electrons. The number of nitrogens with zero attached hydrogens (tertiary/aromatic N) is 1. The van der Waals surface area contributed by atoms with Crippen molar-refractivity contribution in [2.45, 2.75) is 19.4 Å². The zero-order valence-electron chi connectivity index (χ0n) is 8.55. The normalized spacial score (nSPS) is 12.7. The Kier molecular flexibility index (Phi) is 3.14. The summed E-state index contributed by atoms with van der Waals surface area (Å²) >= 11 is 1.48. The highest BCUT2D eigenvalue weighted by atomic mass is 32.1. The Morgan fingerprint density at radius 2 is 2.33 bits per heavy atom. The second kappa shape index (κ2) is 4.55. The molecule has 1 unspecified atom stereocenters. The molecule has 2 aromatic rings. The first-order valence-corrected chi connectivity index (χ1v) is 5.84. The number of hydrogen-bond donors (Lipinski definition) is 1. The van der Waals surface area contributed by atoms with Crippen molar-refractivity contribution in [3.8, 4) is 0 Å². The zero-order valence-corrected chi connectivity index (χ0v) is 9.37. The van der Waals surface area contributed by atoms with Crippen LogP contribution in [0.4, 0.5) is 0 Å². The van der Waals surface area contributed by atoms with Crippen molar-refractivity contribution in [2.24, 2.45) is 0 Å². The van der Waals surface area contributed by atoms with E-state index in [9.17, 15) is 5.11 Å². The Balaban J connectivity index is 2.29. The molecule has 0 fully saturated rings. The maximum Gasteiger partial charge on any atom is 0.115 e. The van der Waals surface area contributed by atoms with Crippen LogP contribution in [0.1, 0.15) is 29.0 Å². The fourth-order valence-electron chi connectivity index (χ4n) is 1.51. The molecule has 0 aliphatic carbocycles. The van der Waals surface area contributed by atoms with Gasteiger partial charge in [0, 0.05) is 6.20 Å². The molecule has 1 N–H and O–H groups in total. The van der Waals surface area contributed by atoms with Gasteiger partial charge in [-0.25, -0.2) is 0 Å². The van der Waals surface area contributed by atoms with Gasteiger partial charge in [-0.1, -0.05) is 31.2 Å². The number of rotatable bonds is 3. The third-order valence-electron chi connectivity index (χ3n) is 2.40. The van der Waals surface area contributed by atoms with Crippen LogP contribution >= 0.6 is 11.3 Å². The minimum absolute atomic E-state index is 0.538. The smallest absolute Gasteiger partial charge is 0.115 e. The van der Waals surface area contributed by atoms with Gasteiger partial charge in [-0.3, -0.25) is 4.98 Å². The Bertz CT molecular complexity index is 425. The molecular weight excluding hydrogens is 206 g/mol. The predicted molar refractivity (Wildman–Crippen MR) is 62.0 cm³/mol. The van der Waals surface area contributed by atoms with Gasteiger partial charge in [0.25, 0.3) is 0 Å². The Hall–Kier alpha value is -1.19. The molecule has 2 rings (SSSR count). The van der Waals surface area contributed by atoms with Gasteiger partial charge in [-0.05, 0) is 17.5 Å². The van der Waals surface area contributed by atoms with E-state index in [1.54, 1.807) is 11.7 Å². The molecule has 1 atom stereocenters. The molecule has 3 heteroatoms. The molecule has 1 aromatic heterocycles. The fraction of sp³-hybridized carbons (Fsp3) is 0.250. The number of thiazole rings is 1. The SMILES string of the molecule is CCc1cccc(C(O)c2cncs2)c1. The third kappa shape index (κ3) is 2.25. The van der Waals surface area contributed by atoms with Crippen molar-refractivity contribution in [2.75, 3.05) is 0 Å². The Labute approximate surface area is 93.2 Å². The summed E-state index contributed by atoms with van der Waals surface area (Å²) in [6, 6.07) is 8.05. The largest absolute Gasteiger partial charge is 0.383 e. The Morgan fingerprint density at radius 3 is 3.00 bits per heavy atom. The van der Waals surface area contributed by atoms with E-state index in [-0.39, 0.29) is 0 Å². The number of aromatic nitrogens is 1. The average molecular weight is 219 g/mol. The van der Waals surface area contributed by atoms with Crippen molar-refractivity contribution >= 4 is 11.3 Å². The standard InChI is InChI=1S/C12H13NOS/c1-2-9-4-3-5-10(6-9)12(14)11-7-13-8-15-11/h3-8,12,14H,2H2,1H3. The van der Waals surface area contributed by atoms with E-state index in [1.165, 1.54) is 16.9 Å². The molecule has 0 aliphatic rings. The quantitative estimate of drug-likeness (QED) is 0.861. The third-order valence-corrected chi connectivity index (χ3v) is 3.22. The molecular formula is C12H13NOS. The Morgan fingerprint density at radius 1 is 1.47 bits per heavy atom. The molecule has 2 nitrogen and oxygen atoms in total. The maximum absolute atomic E-state index is 10.1. The summed E-state index contributed by atoms with van der Waals surface area (Å²) < 4.78 is 0. The van der Waals surface area contributed by atoms with Gasteiger partial charge in [0.05, 0.1) is 10.4 Å². The first-order chi connectivity index (χ1) is 7.31. The van der Waals surface area contributed by atoms with E-state index in [2.05, 4.69) is 18.0 Å². The summed E-state index contributed by atoms with van der Waals surface area (Å²) in [4.78, 5) is 4.86. The van der Waals surface area contributed by atoms with Gasteiger partial charge in [-0.2, -0.15) is 0 Å². The van der Waals surface area contributed by atoms with E-state index < -0.39 is 6.10 Å². The minimum Gasteiger partial charge on any atom is -0.383 e. The molecule has 0 aliphatic heterocycles. The summed E-state index contributed by atoms with van der Waals surface area (Å²) in [5.41, 5.74) is 3.93. The molecule has 0 bridgehead atoms. The summed E-state index contributed by atoms with van der Waals surface area (Å²) in [5, 5.41) is 10.1. The lowest BCUT2D eigenvalue weighted by Gasteiger charge is -2.09. The second-order valence-corrected chi connectivity index (χ2v) is 4.32. The number of hydrogen-bond acceptors (Lipinski definition) is 3. The average Bonchev–Trinajstić information content (AvgIpc) is 2.81. The number of aliphatic hydroxyl groups is 1. The fourth-order valence-corrected chi connectivity index (χ4v) is 2.14. The number of aliphatic hydroxyl groups excluding tert-OH is 1. The lowest BCUT2D eigenvalue weighted by molar-refractivity contribution is 0.224. The topological polar surface area (TPSA) is 33.1 Å². The van der Waals surface area contributed by atoms with Gasteiger partial charge >= 0.3 is 0 Å². The van der Waals surface area contributed by atoms with E-state index in [1.807, 2.05) is 18.2 Å². The summed E-state index contributed by atoms with van der Waals surface area (Å²) in [7, 11) is 0. The summed E-state index contributed by atoms with van der Waals surface area (Å²) in [5.74, 6) is 0. The first-order valence-electron chi connectivity index (χ1n) is 4.96. The van der Waals surface area contributed by atoms with E-state index in [0.717, 1.165) is 16.9 Å². The van der Waals surface area contributed by atoms with Gasteiger partial charge in [0.15, 0.2) is 0 Å². The number of benzene rings is 1. The number of aryl methyl sites for hydroxylation is 1.